The Morgan fingerprint density at radius 2 is 1.80 bits per heavy atom. The van der Waals surface area contributed by atoms with Gasteiger partial charge in [-0.05, 0) is 25.8 Å². The molecular weight excluding hydrogens is 210 g/mol. The number of rotatable bonds is 4. The Morgan fingerprint density at radius 1 is 1.27 bits per heavy atom. The standard InChI is InChI=1S/C11H17NO2S/c1-9-4-6-11(7-5-9)8-10(2)12-15(3,13)14/h4-7,10,12H,8H2,1-3H3. The molecule has 1 atom stereocenters. The number of aryl methyl sites for hydroxylation is 1. The van der Waals surface area contributed by atoms with E-state index in [1.807, 2.05) is 38.1 Å². The molecule has 0 aromatic heterocycles. The highest BCUT2D eigenvalue weighted by molar-refractivity contribution is 7.88. The molecule has 4 heteroatoms. The SMILES string of the molecule is Cc1ccc(CC(C)NS(C)(=O)=O)cc1. The Bertz CT molecular complexity index is 409. The van der Waals surface area contributed by atoms with Crippen LogP contribution in [0.3, 0.4) is 0 Å². The van der Waals surface area contributed by atoms with Crippen molar-refractivity contribution >= 4 is 10.0 Å². The van der Waals surface area contributed by atoms with E-state index in [9.17, 15) is 8.42 Å². The summed E-state index contributed by atoms with van der Waals surface area (Å²) in [4.78, 5) is 0. The summed E-state index contributed by atoms with van der Waals surface area (Å²) in [5.41, 5.74) is 2.35. The van der Waals surface area contributed by atoms with E-state index in [2.05, 4.69) is 4.72 Å². The molecule has 0 aliphatic rings. The van der Waals surface area contributed by atoms with Gasteiger partial charge in [-0.1, -0.05) is 29.8 Å². The van der Waals surface area contributed by atoms with E-state index in [0.717, 1.165) is 5.56 Å². The van der Waals surface area contributed by atoms with Crippen LogP contribution in [0.1, 0.15) is 18.1 Å². The molecule has 0 radical (unpaired) electrons. The summed E-state index contributed by atoms with van der Waals surface area (Å²) in [5.74, 6) is 0. The van der Waals surface area contributed by atoms with Crippen LogP contribution in [-0.4, -0.2) is 20.7 Å². The maximum Gasteiger partial charge on any atom is 0.208 e. The Balaban J connectivity index is 2.59. The second-order valence-corrected chi connectivity index (χ2v) is 5.76. The molecule has 3 nitrogen and oxygen atoms in total. The van der Waals surface area contributed by atoms with Crippen molar-refractivity contribution < 1.29 is 8.42 Å². The van der Waals surface area contributed by atoms with Crippen LogP contribution in [0.2, 0.25) is 0 Å². The first-order valence-electron chi connectivity index (χ1n) is 4.89. The van der Waals surface area contributed by atoms with Crippen LogP contribution in [0.15, 0.2) is 24.3 Å². The Morgan fingerprint density at radius 3 is 2.27 bits per heavy atom. The number of sulfonamides is 1. The summed E-state index contributed by atoms with van der Waals surface area (Å²) in [6, 6.07) is 8.04. The first-order chi connectivity index (χ1) is 6.87. The monoisotopic (exact) mass is 227 g/mol. The molecule has 0 saturated heterocycles. The minimum Gasteiger partial charge on any atom is -0.213 e. The van der Waals surface area contributed by atoms with Gasteiger partial charge in [0.15, 0.2) is 0 Å². The summed E-state index contributed by atoms with van der Waals surface area (Å²) >= 11 is 0. The van der Waals surface area contributed by atoms with E-state index in [0.29, 0.717) is 6.42 Å². The largest absolute Gasteiger partial charge is 0.213 e. The van der Waals surface area contributed by atoms with Crippen LogP contribution in [0, 0.1) is 6.92 Å². The molecule has 0 bridgehead atoms. The summed E-state index contributed by atoms with van der Waals surface area (Å²) in [6.45, 7) is 3.89. The average Bonchev–Trinajstić information content (AvgIpc) is 2.05. The van der Waals surface area contributed by atoms with Crippen molar-refractivity contribution in [2.75, 3.05) is 6.26 Å². The van der Waals surface area contributed by atoms with Crippen LogP contribution >= 0.6 is 0 Å². The second-order valence-electron chi connectivity index (χ2n) is 3.98. The van der Waals surface area contributed by atoms with E-state index < -0.39 is 10.0 Å². The van der Waals surface area contributed by atoms with Gasteiger partial charge in [-0.25, -0.2) is 13.1 Å². The van der Waals surface area contributed by atoms with Gasteiger partial charge in [0.2, 0.25) is 10.0 Å². The van der Waals surface area contributed by atoms with Crippen LogP contribution in [-0.2, 0) is 16.4 Å². The van der Waals surface area contributed by atoms with E-state index in [4.69, 9.17) is 0 Å². The second kappa shape index (κ2) is 4.77. The third-order valence-corrected chi connectivity index (χ3v) is 2.91. The van der Waals surface area contributed by atoms with Gasteiger partial charge >= 0.3 is 0 Å². The van der Waals surface area contributed by atoms with Gasteiger partial charge < -0.3 is 0 Å². The van der Waals surface area contributed by atoms with Crippen LogP contribution < -0.4 is 4.72 Å². The molecule has 15 heavy (non-hydrogen) atoms. The van der Waals surface area contributed by atoms with Crippen molar-refractivity contribution in [2.45, 2.75) is 26.3 Å². The number of hydrogen-bond acceptors (Lipinski definition) is 2. The normalized spacial score (nSPS) is 13.8. The molecule has 0 aliphatic heterocycles. The fourth-order valence-electron chi connectivity index (χ4n) is 1.48. The zero-order chi connectivity index (χ0) is 11.5. The summed E-state index contributed by atoms with van der Waals surface area (Å²) in [6.07, 6.45) is 1.89. The third kappa shape index (κ3) is 4.95. The predicted octanol–water partition coefficient (Wildman–Crippen LogP) is 1.48. The number of benzene rings is 1. The van der Waals surface area contributed by atoms with E-state index in [-0.39, 0.29) is 6.04 Å². The Kier molecular flexibility index (Phi) is 3.88. The molecule has 0 aliphatic carbocycles. The number of hydrogen-bond donors (Lipinski definition) is 1. The van der Waals surface area contributed by atoms with E-state index in [1.54, 1.807) is 0 Å². The molecule has 1 aromatic rings. The third-order valence-electron chi connectivity index (χ3n) is 2.08. The molecule has 0 fully saturated rings. The first-order valence-corrected chi connectivity index (χ1v) is 6.79. The maximum absolute atomic E-state index is 11.0. The van der Waals surface area contributed by atoms with Gasteiger partial charge in [0, 0.05) is 6.04 Å². The van der Waals surface area contributed by atoms with Crippen molar-refractivity contribution in [1.29, 1.82) is 0 Å². The lowest BCUT2D eigenvalue weighted by Gasteiger charge is -2.12. The molecule has 0 amide bonds. The van der Waals surface area contributed by atoms with E-state index in [1.165, 1.54) is 11.8 Å². The quantitative estimate of drug-likeness (QED) is 0.846. The zero-order valence-electron chi connectivity index (χ0n) is 9.32. The lowest BCUT2D eigenvalue weighted by Crippen LogP contribution is -2.33. The first kappa shape index (κ1) is 12.2. The minimum atomic E-state index is -3.10. The average molecular weight is 227 g/mol. The molecule has 1 rings (SSSR count). The molecule has 1 unspecified atom stereocenters. The van der Waals surface area contributed by atoms with Gasteiger partial charge in [0.05, 0.1) is 6.26 Å². The fraction of sp³-hybridized carbons (Fsp3) is 0.455. The molecule has 0 heterocycles. The van der Waals surface area contributed by atoms with Crippen molar-refractivity contribution in [2.24, 2.45) is 0 Å². The molecule has 1 aromatic carbocycles. The van der Waals surface area contributed by atoms with Crippen LogP contribution in [0.4, 0.5) is 0 Å². The van der Waals surface area contributed by atoms with Crippen LogP contribution in [0.25, 0.3) is 0 Å². The smallest absolute Gasteiger partial charge is 0.208 e. The fourth-order valence-corrected chi connectivity index (χ4v) is 2.30. The minimum absolute atomic E-state index is 0.0669. The highest BCUT2D eigenvalue weighted by Gasteiger charge is 2.08. The number of nitrogens with one attached hydrogen (secondary N) is 1. The Hall–Kier alpha value is -0.870. The van der Waals surface area contributed by atoms with Gasteiger partial charge in [-0.3, -0.25) is 0 Å². The molecule has 0 saturated carbocycles. The van der Waals surface area contributed by atoms with Gasteiger partial charge in [0.1, 0.15) is 0 Å². The van der Waals surface area contributed by atoms with Gasteiger partial charge in [-0.2, -0.15) is 0 Å². The molecule has 84 valence electrons. The Labute approximate surface area is 91.6 Å². The molecular formula is C11H17NO2S. The van der Waals surface area contributed by atoms with Gasteiger partial charge in [0.25, 0.3) is 0 Å². The molecule has 1 N–H and O–H groups in total. The van der Waals surface area contributed by atoms with Crippen molar-refractivity contribution in [3.05, 3.63) is 35.4 Å². The highest BCUT2D eigenvalue weighted by Crippen LogP contribution is 2.06. The van der Waals surface area contributed by atoms with Crippen molar-refractivity contribution in [3.8, 4) is 0 Å². The van der Waals surface area contributed by atoms with Crippen molar-refractivity contribution in [1.82, 2.24) is 4.72 Å². The summed E-state index contributed by atoms with van der Waals surface area (Å²) in [7, 11) is -3.10. The summed E-state index contributed by atoms with van der Waals surface area (Å²) in [5, 5.41) is 0. The maximum atomic E-state index is 11.0. The van der Waals surface area contributed by atoms with Gasteiger partial charge in [-0.15, -0.1) is 0 Å². The van der Waals surface area contributed by atoms with E-state index >= 15 is 0 Å². The molecule has 0 spiro atoms. The summed E-state index contributed by atoms with van der Waals surface area (Å²) < 4.78 is 24.5. The topological polar surface area (TPSA) is 46.2 Å². The lowest BCUT2D eigenvalue weighted by molar-refractivity contribution is 0.565. The van der Waals surface area contributed by atoms with Crippen molar-refractivity contribution in [3.63, 3.8) is 0 Å². The predicted molar refractivity (Wildman–Crippen MR) is 62.3 cm³/mol. The highest BCUT2D eigenvalue weighted by atomic mass is 32.2. The zero-order valence-corrected chi connectivity index (χ0v) is 10.1. The lowest BCUT2D eigenvalue weighted by atomic mass is 10.1. The van der Waals surface area contributed by atoms with Crippen LogP contribution in [0.5, 0.6) is 0 Å².